The van der Waals surface area contributed by atoms with Crippen LogP contribution >= 0.6 is 15.9 Å². The van der Waals surface area contributed by atoms with Crippen molar-refractivity contribution in [1.29, 1.82) is 0 Å². The third-order valence-corrected chi connectivity index (χ3v) is 4.26. The van der Waals surface area contributed by atoms with Gasteiger partial charge in [-0.25, -0.2) is 0 Å². The van der Waals surface area contributed by atoms with Crippen molar-refractivity contribution in [2.45, 2.75) is 25.7 Å². The molecule has 0 bridgehead atoms. The van der Waals surface area contributed by atoms with E-state index in [1.807, 2.05) is 43.0 Å². The van der Waals surface area contributed by atoms with Crippen molar-refractivity contribution in [3.8, 4) is 0 Å². The molecule has 0 spiro atoms. The molecular weight excluding hydrogens is 304 g/mol. The zero-order chi connectivity index (χ0) is 13.9. The molecule has 1 aliphatic heterocycles. The fourth-order valence-electron chi connectivity index (χ4n) is 2.43. The van der Waals surface area contributed by atoms with Crippen molar-refractivity contribution in [1.82, 2.24) is 10.2 Å². The average Bonchev–Trinajstić information content (AvgIpc) is 2.67. The van der Waals surface area contributed by atoms with E-state index >= 15 is 0 Å². The minimum atomic E-state index is -0.467. The molecule has 1 fully saturated rings. The summed E-state index contributed by atoms with van der Waals surface area (Å²) in [6.45, 7) is 7.57. The van der Waals surface area contributed by atoms with Crippen LogP contribution in [0.3, 0.4) is 0 Å². The van der Waals surface area contributed by atoms with Gasteiger partial charge in [0.05, 0.1) is 5.41 Å². The second-order valence-electron chi connectivity index (χ2n) is 5.53. The van der Waals surface area contributed by atoms with Crippen molar-refractivity contribution in [2.75, 3.05) is 26.2 Å². The Labute approximate surface area is 123 Å². The second kappa shape index (κ2) is 6.06. The highest BCUT2D eigenvalue weighted by molar-refractivity contribution is 9.10. The quantitative estimate of drug-likeness (QED) is 0.906. The summed E-state index contributed by atoms with van der Waals surface area (Å²) in [6.07, 6.45) is 1.03. The Morgan fingerprint density at radius 3 is 2.58 bits per heavy atom. The van der Waals surface area contributed by atoms with Crippen LogP contribution in [0.2, 0.25) is 0 Å². The standard InChI is InChI=1S/C15H21BrN2O/c1-15(2,12-4-6-13(16)7-5-12)14(19)18-10-3-8-17-9-11-18/h4-7,17H,3,8-11H2,1-2H3. The molecule has 0 aromatic heterocycles. The molecular formula is C15H21BrN2O. The van der Waals surface area contributed by atoms with Crippen LogP contribution in [0.15, 0.2) is 28.7 Å². The van der Waals surface area contributed by atoms with Gasteiger partial charge in [-0.2, -0.15) is 0 Å². The summed E-state index contributed by atoms with van der Waals surface area (Å²) in [6, 6.07) is 8.04. The molecule has 1 aromatic rings. The molecule has 4 heteroatoms. The number of carbonyl (C=O) groups excluding carboxylic acids is 1. The zero-order valence-corrected chi connectivity index (χ0v) is 13.2. The third-order valence-electron chi connectivity index (χ3n) is 3.73. The largest absolute Gasteiger partial charge is 0.341 e. The molecule has 1 saturated heterocycles. The highest BCUT2D eigenvalue weighted by atomic mass is 79.9. The van der Waals surface area contributed by atoms with Crippen LogP contribution in [0.25, 0.3) is 0 Å². The van der Waals surface area contributed by atoms with Crippen LogP contribution in [-0.4, -0.2) is 37.0 Å². The van der Waals surface area contributed by atoms with Crippen molar-refractivity contribution >= 4 is 21.8 Å². The second-order valence-corrected chi connectivity index (χ2v) is 6.44. The highest BCUT2D eigenvalue weighted by Gasteiger charge is 2.33. The minimum absolute atomic E-state index is 0.221. The Bertz CT molecular complexity index is 434. The fraction of sp³-hybridized carbons (Fsp3) is 0.533. The van der Waals surface area contributed by atoms with Gasteiger partial charge >= 0.3 is 0 Å². The van der Waals surface area contributed by atoms with E-state index in [1.54, 1.807) is 0 Å². The van der Waals surface area contributed by atoms with Gasteiger partial charge in [0, 0.05) is 24.1 Å². The lowest BCUT2D eigenvalue weighted by Gasteiger charge is -2.31. The summed E-state index contributed by atoms with van der Waals surface area (Å²) in [5, 5.41) is 3.33. The topological polar surface area (TPSA) is 32.3 Å². The first-order valence-electron chi connectivity index (χ1n) is 6.78. The first-order chi connectivity index (χ1) is 9.01. The molecule has 0 unspecified atom stereocenters. The predicted molar refractivity (Wildman–Crippen MR) is 81.2 cm³/mol. The zero-order valence-electron chi connectivity index (χ0n) is 11.6. The number of nitrogens with one attached hydrogen (secondary N) is 1. The fourth-order valence-corrected chi connectivity index (χ4v) is 2.70. The maximum atomic E-state index is 12.7. The lowest BCUT2D eigenvalue weighted by atomic mass is 9.83. The molecule has 2 rings (SSSR count). The monoisotopic (exact) mass is 324 g/mol. The molecule has 0 saturated carbocycles. The van der Waals surface area contributed by atoms with Gasteiger partial charge in [0.15, 0.2) is 0 Å². The van der Waals surface area contributed by atoms with Gasteiger partial charge in [-0.3, -0.25) is 4.79 Å². The number of amides is 1. The molecule has 19 heavy (non-hydrogen) atoms. The molecule has 104 valence electrons. The van der Waals surface area contributed by atoms with Gasteiger partial charge in [0.2, 0.25) is 5.91 Å². The summed E-state index contributed by atoms with van der Waals surface area (Å²) in [7, 11) is 0. The number of nitrogens with zero attached hydrogens (tertiary/aromatic N) is 1. The van der Waals surface area contributed by atoms with Gasteiger partial charge in [-0.05, 0) is 44.5 Å². The smallest absolute Gasteiger partial charge is 0.232 e. The normalized spacial score (nSPS) is 17.1. The van der Waals surface area contributed by atoms with Gasteiger partial charge in [-0.1, -0.05) is 28.1 Å². The molecule has 3 nitrogen and oxygen atoms in total. The number of hydrogen-bond acceptors (Lipinski definition) is 2. The van der Waals surface area contributed by atoms with Crippen LogP contribution in [0.4, 0.5) is 0 Å². The third kappa shape index (κ3) is 3.37. The number of rotatable bonds is 2. The SMILES string of the molecule is CC(C)(C(=O)N1CCCNCC1)c1ccc(Br)cc1. The van der Waals surface area contributed by atoms with Gasteiger partial charge in [0.1, 0.15) is 0 Å². The maximum absolute atomic E-state index is 12.7. The summed E-state index contributed by atoms with van der Waals surface area (Å²) in [5.74, 6) is 0.221. The van der Waals surface area contributed by atoms with E-state index in [0.29, 0.717) is 0 Å². The Balaban J connectivity index is 2.17. The van der Waals surface area contributed by atoms with Gasteiger partial charge in [0.25, 0.3) is 0 Å². The summed E-state index contributed by atoms with van der Waals surface area (Å²) in [4.78, 5) is 14.7. The first-order valence-corrected chi connectivity index (χ1v) is 7.57. The van der Waals surface area contributed by atoms with E-state index in [4.69, 9.17) is 0 Å². The van der Waals surface area contributed by atoms with E-state index in [0.717, 1.165) is 42.6 Å². The molecule has 1 amide bonds. The Morgan fingerprint density at radius 1 is 1.21 bits per heavy atom. The van der Waals surface area contributed by atoms with E-state index < -0.39 is 5.41 Å². The maximum Gasteiger partial charge on any atom is 0.232 e. The Kier molecular flexibility index (Phi) is 4.63. The predicted octanol–water partition coefficient (Wildman–Crippen LogP) is 2.55. The molecule has 0 radical (unpaired) electrons. The van der Waals surface area contributed by atoms with Crippen LogP contribution in [-0.2, 0) is 10.2 Å². The van der Waals surface area contributed by atoms with E-state index in [1.165, 1.54) is 0 Å². The van der Waals surface area contributed by atoms with Crippen LogP contribution < -0.4 is 5.32 Å². The van der Waals surface area contributed by atoms with Crippen LogP contribution in [0, 0.1) is 0 Å². The molecule has 1 N–H and O–H groups in total. The molecule has 0 aliphatic carbocycles. The lowest BCUT2D eigenvalue weighted by molar-refractivity contribution is -0.136. The van der Waals surface area contributed by atoms with Crippen molar-refractivity contribution in [3.63, 3.8) is 0 Å². The van der Waals surface area contributed by atoms with Crippen molar-refractivity contribution < 1.29 is 4.79 Å². The number of benzene rings is 1. The highest BCUT2D eigenvalue weighted by Crippen LogP contribution is 2.27. The molecule has 1 aliphatic rings. The summed E-state index contributed by atoms with van der Waals surface area (Å²) < 4.78 is 1.04. The van der Waals surface area contributed by atoms with E-state index in [-0.39, 0.29) is 5.91 Å². The summed E-state index contributed by atoms with van der Waals surface area (Å²) in [5.41, 5.74) is 0.600. The van der Waals surface area contributed by atoms with E-state index in [9.17, 15) is 4.79 Å². The van der Waals surface area contributed by atoms with Crippen LogP contribution in [0.1, 0.15) is 25.8 Å². The minimum Gasteiger partial charge on any atom is -0.341 e. The Hall–Kier alpha value is -0.870. The molecule has 0 atom stereocenters. The molecule has 1 heterocycles. The number of carbonyl (C=O) groups is 1. The van der Waals surface area contributed by atoms with Crippen LogP contribution in [0.5, 0.6) is 0 Å². The van der Waals surface area contributed by atoms with Crippen molar-refractivity contribution in [3.05, 3.63) is 34.3 Å². The lowest BCUT2D eigenvalue weighted by Crippen LogP contribution is -2.44. The molecule has 1 aromatic carbocycles. The van der Waals surface area contributed by atoms with Gasteiger partial charge < -0.3 is 10.2 Å². The summed E-state index contributed by atoms with van der Waals surface area (Å²) >= 11 is 3.43. The first kappa shape index (κ1) is 14.5. The van der Waals surface area contributed by atoms with Gasteiger partial charge in [-0.15, -0.1) is 0 Å². The number of hydrogen-bond donors (Lipinski definition) is 1. The van der Waals surface area contributed by atoms with E-state index in [2.05, 4.69) is 21.2 Å². The average molecular weight is 325 g/mol. The van der Waals surface area contributed by atoms with Crippen molar-refractivity contribution in [2.24, 2.45) is 0 Å². The number of halogens is 1. The Morgan fingerprint density at radius 2 is 1.89 bits per heavy atom.